The van der Waals surface area contributed by atoms with Gasteiger partial charge in [-0.25, -0.2) is 4.39 Å². The maximum absolute atomic E-state index is 12.5. The quantitative estimate of drug-likeness (QED) is 0.548. The van der Waals surface area contributed by atoms with Crippen molar-refractivity contribution in [1.29, 1.82) is 0 Å². The summed E-state index contributed by atoms with van der Waals surface area (Å²) >= 11 is 8.02. The molecule has 0 heterocycles. The highest BCUT2D eigenvalue weighted by Crippen LogP contribution is 2.32. The Morgan fingerprint density at radius 3 is 2.45 bits per heavy atom. The molecule has 0 spiro atoms. The smallest absolute Gasteiger partial charge is 0.203 e. The molecule has 1 aromatic rings. The standard InChI is InChI=1S/C6H2BrClF2O/c7-2-1-3(8)4(9)5(10)6(2)11/h1,11H. The third-order valence-corrected chi connectivity index (χ3v) is 1.97. The van der Waals surface area contributed by atoms with E-state index in [1.165, 1.54) is 0 Å². The predicted octanol–water partition coefficient (Wildman–Crippen LogP) is 3.09. The minimum Gasteiger partial charge on any atom is -0.504 e. The Kier molecular flexibility index (Phi) is 2.34. The molecule has 11 heavy (non-hydrogen) atoms. The van der Waals surface area contributed by atoms with Crippen molar-refractivity contribution in [3.8, 4) is 5.75 Å². The topological polar surface area (TPSA) is 20.2 Å². The third-order valence-electron chi connectivity index (χ3n) is 1.09. The average molecular weight is 243 g/mol. The zero-order chi connectivity index (χ0) is 8.59. The summed E-state index contributed by atoms with van der Waals surface area (Å²) in [5.41, 5.74) is 0. The molecular formula is C6H2BrClF2O. The molecule has 1 nitrogen and oxygen atoms in total. The van der Waals surface area contributed by atoms with Crippen molar-refractivity contribution < 1.29 is 13.9 Å². The first-order chi connectivity index (χ1) is 5.04. The van der Waals surface area contributed by atoms with Crippen LogP contribution in [-0.4, -0.2) is 5.11 Å². The van der Waals surface area contributed by atoms with Crippen LogP contribution in [0, 0.1) is 11.6 Å². The van der Waals surface area contributed by atoms with Crippen LogP contribution in [0.25, 0.3) is 0 Å². The number of benzene rings is 1. The first-order valence-electron chi connectivity index (χ1n) is 2.56. The maximum Gasteiger partial charge on any atom is 0.203 e. The summed E-state index contributed by atoms with van der Waals surface area (Å²) in [6.07, 6.45) is 0. The zero-order valence-electron chi connectivity index (χ0n) is 5.04. The summed E-state index contributed by atoms with van der Waals surface area (Å²) < 4.78 is 25.0. The summed E-state index contributed by atoms with van der Waals surface area (Å²) in [4.78, 5) is 0. The molecule has 0 aliphatic carbocycles. The molecule has 0 amide bonds. The number of hydrogen-bond acceptors (Lipinski definition) is 1. The van der Waals surface area contributed by atoms with Gasteiger partial charge >= 0.3 is 0 Å². The highest BCUT2D eigenvalue weighted by molar-refractivity contribution is 9.10. The van der Waals surface area contributed by atoms with Gasteiger partial charge in [0.25, 0.3) is 0 Å². The Morgan fingerprint density at radius 2 is 1.91 bits per heavy atom. The van der Waals surface area contributed by atoms with E-state index in [1.807, 2.05) is 0 Å². The number of rotatable bonds is 0. The molecule has 0 atom stereocenters. The molecule has 0 aliphatic rings. The molecule has 0 radical (unpaired) electrons. The van der Waals surface area contributed by atoms with Crippen LogP contribution in [0.3, 0.4) is 0 Å². The van der Waals surface area contributed by atoms with E-state index < -0.39 is 17.4 Å². The average Bonchev–Trinajstić information content (AvgIpc) is 1.97. The molecule has 0 saturated carbocycles. The van der Waals surface area contributed by atoms with Gasteiger partial charge in [-0.15, -0.1) is 0 Å². The van der Waals surface area contributed by atoms with Crippen molar-refractivity contribution in [1.82, 2.24) is 0 Å². The van der Waals surface area contributed by atoms with Crippen molar-refractivity contribution in [2.75, 3.05) is 0 Å². The monoisotopic (exact) mass is 242 g/mol. The summed E-state index contributed by atoms with van der Waals surface area (Å²) in [5.74, 6) is -3.36. The van der Waals surface area contributed by atoms with Crippen LogP contribution in [0.5, 0.6) is 5.75 Å². The number of halogens is 4. The SMILES string of the molecule is Oc1c(Br)cc(Cl)c(F)c1F. The van der Waals surface area contributed by atoms with Gasteiger partial charge in [0.2, 0.25) is 5.82 Å². The Bertz CT molecular complexity index is 277. The van der Waals surface area contributed by atoms with Crippen LogP contribution in [0.1, 0.15) is 0 Å². The van der Waals surface area contributed by atoms with Crippen molar-refractivity contribution in [2.45, 2.75) is 0 Å². The second-order valence-electron chi connectivity index (χ2n) is 1.82. The normalized spacial score (nSPS) is 10.2. The van der Waals surface area contributed by atoms with Crippen LogP contribution in [-0.2, 0) is 0 Å². The zero-order valence-corrected chi connectivity index (χ0v) is 7.38. The van der Waals surface area contributed by atoms with Crippen molar-refractivity contribution >= 4 is 27.5 Å². The van der Waals surface area contributed by atoms with Crippen LogP contribution in [0.4, 0.5) is 8.78 Å². The minimum atomic E-state index is -1.34. The van der Waals surface area contributed by atoms with E-state index in [0.29, 0.717) is 0 Å². The fourth-order valence-corrected chi connectivity index (χ4v) is 1.28. The van der Waals surface area contributed by atoms with E-state index in [2.05, 4.69) is 15.9 Å². The van der Waals surface area contributed by atoms with E-state index in [-0.39, 0.29) is 9.50 Å². The summed E-state index contributed by atoms with van der Waals surface area (Å²) in [6.45, 7) is 0. The van der Waals surface area contributed by atoms with E-state index in [9.17, 15) is 8.78 Å². The molecule has 60 valence electrons. The Hall–Kier alpha value is -0.350. The first kappa shape index (κ1) is 8.74. The highest BCUT2D eigenvalue weighted by atomic mass is 79.9. The molecule has 1 aromatic carbocycles. The number of aromatic hydroxyl groups is 1. The first-order valence-corrected chi connectivity index (χ1v) is 3.73. The summed E-state index contributed by atoms with van der Waals surface area (Å²) in [5, 5.41) is 8.42. The molecular weight excluding hydrogens is 241 g/mol. The molecule has 0 aliphatic heterocycles. The van der Waals surface area contributed by atoms with Gasteiger partial charge < -0.3 is 5.11 Å². The van der Waals surface area contributed by atoms with Gasteiger partial charge in [0.05, 0.1) is 9.50 Å². The van der Waals surface area contributed by atoms with Gasteiger partial charge in [-0.2, -0.15) is 4.39 Å². The predicted molar refractivity (Wildman–Crippen MR) is 40.7 cm³/mol. The van der Waals surface area contributed by atoms with Gasteiger partial charge in [-0.3, -0.25) is 0 Å². The second-order valence-corrected chi connectivity index (χ2v) is 3.08. The molecule has 0 unspecified atom stereocenters. The largest absolute Gasteiger partial charge is 0.504 e. The fraction of sp³-hybridized carbons (Fsp3) is 0. The van der Waals surface area contributed by atoms with E-state index in [0.717, 1.165) is 6.07 Å². The molecule has 0 bridgehead atoms. The van der Waals surface area contributed by atoms with E-state index in [4.69, 9.17) is 16.7 Å². The molecule has 5 heteroatoms. The van der Waals surface area contributed by atoms with Crippen molar-refractivity contribution in [2.24, 2.45) is 0 Å². The summed E-state index contributed by atoms with van der Waals surface area (Å²) in [7, 11) is 0. The molecule has 0 fully saturated rings. The van der Waals surface area contributed by atoms with Gasteiger partial charge in [0, 0.05) is 0 Å². The van der Waals surface area contributed by atoms with Crippen LogP contribution >= 0.6 is 27.5 Å². The fourth-order valence-electron chi connectivity index (χ4n) is 0.557. The lowest BCUT2D eigenvalue weighted by Gasteiger charge is -2.00. The van der Waals surface area contributed by atoms with Crippen LogP contribution < -0.4 is 0 Å². The van der Waals surface area contributed by atoms with Crippen molar-refractivity contribution in [3.05, 3.63) is 27.2 Å². The van der Waals surface area contributed by atoms with Gasteiger partial charge in [0.15, 0.2) is 11.6 Å². The van der Waals surface area contributed by atoms with E-state index >= 15 is 0 Å². The number of hydrogen-bond donors (Lipinski definition) is 1. The summed E-state index contributed by atoms with van der Waals surface area (Å²) in [6, 6.07) is 1.08. The third kappa shape index (κ3) is 1.46. The van der Waals surface area contributed by atoms with E-state index in [1.54, 1.807) is 0 Å². The molecule has 0 saturated heterocycles. The van der Waals surface area contributed by atoms with Gasteiger partial charge in [-0.1, -0.05) is 11.6 Å². The minimum absolute atomic E-state index is 0.0291. The molecule has 0 aromatic heterocycles. The maximum atomic E-state index is 12.5. The molecule has 1 N–H and O–H groups in total. The Balaban J connectivity index is 3.46. The van der Waals surface area contributed by atoms with Crippen LogP contribution in [0.15, 0.2) is 10.5 Å². The lowest BCUT2D eigenvalue weighted by atomic mass is 10.3. The number of phenols is 1. The Labute approximate surface area is 74.7 Å². The van der Waals surface area contributed by atoms with Gasteiger partial charge in [0.1, 0.15) is 0 Å². The second kappa shape index (κ2) is 2.95. The molecule has 1 rings (SSSR count). The van der Waals surface area contributed by atoms with Crippen LogP contribution in [0.2, 0.25) is 5.02 Å². The van der Waals surface area contributed by atoms with Gasteiger partial charge in [-0.05, 0) is 22.0 Å². The highest BCUT2D eigenvalue weighted by Gasteiger charge is 2.14. The Morgan fingerprint density at radius 1 is 1.36 bits per heavy atom. The van der Waals surface area contributed by atoms with Crippen molar-refractivity contribution in [3.63, 3.8) is 0 Å². The lowest BCUT2D eigenvalue weighted by molar-refractivity contribution is 0.404. The lowest BCUT2D eigenvalue weighted by Crippen LogP contribution is -1.86. The number of phenolic OH excluding ortho intramolecular Hbond substituents is 1.